The Morgan fingerprint density at radius 1 is 1.24 bits per heavy atom. The molecule has 6 nitrogen and oxygen atoms in total. The largest absolute Gasteiger partial charge is 0.417 e. The van der Waals surface area contributed by atoms with Crippen molar-refractivity contribution in [2.75, 3.05) is 23.3 Å². The van der Waals surface area contributed by atoms with E-state index >= 15 is 0 Å². The Labute approximate surface area is 120 Å². The van der Waals surface area contributed by atoms with Crippen molar-refractivity contribution in [2.45, 2.75) is 6.17 Å². The molecule has 0 radical (unpaired) electrons. The summed E-state index contributed by atoms with van der Waals surface area (Å²) in [7, 11) is 0. The van der Waals surface area contributed by atoms with Crippen LogP contribution >= 0.6 is 0 Å². The number of halogens is 1. The molecule has 0 bridgehead atoms. The van der Waals surface area contributed by atoms with Gasteiger partial charge in [-0.05, 0) is 12.1 Å². The molecule has 0 atom stereocenters. The van der Waals surface area contributed by atoms with Crippen LogP contribution < -0.4 is 15.0 Å². The van der Waals surface area contributed by atoms with Crippen molar-refractivity contribution in [1.29, 1.82) is 0 Å². The average Bonchev–Trinajstić information content (AvgIpc) is 2.46. The number of hydrogen-bond acceptors (Lipinski definition) is 5. The van der Waals surface area contributed by atoms with E-state index in [1.54, 1.807) is 29.2 Å². The van der Waals surface area contributed by atoms with Crippen LogP contribution in [-0.2, 0) is 0 Å². The second kappa shape index (κ2) is 5.74. The van der Waals surface area contributed by atoms with Crippen molar-refractivity contribution in [3.05, 3.63) is 42.7 Å². The van der Waals surface area contributed by atoms with E-state index in [0.29, 0.717) is 30.5 Å². The monoisotopic (exact) mass is 288 g/mol. The zero-order chi connectivity index (χ0) is 14.7. The van der Waals surface area contributed by atoms with Crippen molar-refractivity contribution < 1.29 is 13.9 Å². The molecule has 2 aromatic rings. The van der Waals surface area contributed by atoms with Crippen LogP contribution in [0.15, 0.2) is 42.7 Å². The number of nitrogens with zero attached hydrogens (tertiary/aromatic N) is 3. The number of carbonyl (C=O) groups is 1. The third kappa shape index (κ3) is 3.25. The van der Waals surface area contributed by atoms with Gasteiger partial charge in [-0.15, -0.1) is 0 Å². The predicted molar refractivity (Wildman–Crippen MR) is 75.2 cm³/mol. The fraction of sp³-hybridized carbons (Fsp3) is 0.214. The average molecular weight is 288 g/mol. The summed E-state index contributed by atoms with van der Waals surface area (Å²) in [6.45, 7) is 0.617. The summed E-state index contributed by atoms with van der Waals surface area (Å²) in [5.41, 5.74) is 0.414. The molecule has 1 saturated heterocycles. The first kappa shape index (κ1) is 13.3. The molecular formula is C14H13FN4O2. The minimum atomic E-state index is -0.813. The first-order valence-electron chi connectivity index (χ1n) is 6.45. The maximum Gasteiger partial charge on any atom is 0.417 e. The van der Waals surface area contributed by atoms with E-state index in [1.807, 2.05) is 6.07 Å². The van der Waals surface area contributed by atoms with Crippen LogP contribution in [0.4, 0.5) is 20.8 Å². The highest BCUT2D eigenvalue weighted by Gasteiger charge is 2.28. The Kier molecular flexibility index (Phi) is 3.63. The van der Waals surface area contributed by atoms with Crippen LogP contribution in [0.3, 0.4) is 0 Å². The van der Waals surface area contributed by atoms with Crippen molar-refractivity contribution >= 4 is 17.7 Å². The van der Waals surface area contributed by atoms with Gasteiger partial charge in [0.2, 0.25) is 5.95 Å². The normalized spacial score (nSPS) is 14.4. The quantitative estimate of drug-likeness (QED) is 0.938. The van der Waals surface area contributed by atoms with Crippen LogP contribution in [-0.4, -0.2) is 35.3 Å². The first-order valence-corrected chi connectivity index (χ1v) is 6.45. The second-order valence-corrected chi connectivity index (χ2v) is 4.60. The zero-order valence-electron chi connectivity index (χ0n) is 11.1. The van der Waals surface area contributed by atoms with Gasteiger partial charge in [0.05, 0.1) is 31.2 Å². The van der Waals surface area contributed by atoms with Crippen molar-refractivity contribution in [1.82, 2.24) is 9.97 Å². The van der Waals surface area contributed by atoms with E-state index in [-0.39, 0.29) is 0 Å². The maximum atomic E-state index is 12.7. The van der Waals surface area contributed by atoms with E-state index < -0.39 is 12.3 Å². The fourth-order valence-corrected chi connectivity index (χ4v) is 1.88. The van der Waals surface area contributed by atoms with Crippen molar-refractivity contribution in [3.8, 4) is 5.75 Å². The van der Waals surface area contributed by atoms with Crippen molar-refractivity contribution in [3.63, 3.8) is 0 Å². The molecule has 0 saturated carbocycles. The predicted octanol–water partition coefficient (Wildman–Crippen LogP) is 2.25. The number of ether oxygens (including phenoxy) is 1. The molecule has 21 heavy (non-hydrogen) atoms. The smallest absolute Gasteiger partial charge is 0.410 e. The minimum absolute atomic E-state index is 0.308. The number of amides is 1. The molecular weight excluding hydrogens is 275 g/mol. The van der Waals surface area contributed by atoms with Gasteiger partial charge in [0, 0.05) is 0 Å². The number of para-hydroxylation sites is 1. The maximum absolute atomic E-state index is 12.7. The van der Waals surface area contributed by atoms with Gasteiger partial charge in [0.15, 0.2) is 0 Å². The lowest BCUT2D eigenvalue weighted by atomic mass is 10.2. The molecule has 1 fully saturated rings. The van der Waals surface area contributed by atoms with Gasteiger partial charge in [-0.25, -0.2) is 19.2 Å². The number of nitrogens with one attached hydrogen (secondary N) is 1. The summed E-state index contributed by atoms with van der Waals surface area (Å²) in [4.78, 5) is 21.5. The molecule has 1 aliphatic heterocycles. The lowest BCUT2D eigenvalue weighted by Gasteiger charge is -2.34. The second-order valence-electron chi connectivity index (χ2n) is 4.60. The third-order valence-corrected chi connectivity index (χ3v) is 2.96. The molecule has 2 heterocycles. The third-order valence-electron chi connectivity index (χ3n) is 2.96. The Morgan fingerprint density at radius 3 is 2.52 bits per heavy atom. The van der Waals surface area contributed by atoms with E-state index in [1.165, 1.54) is 12.4 Å². The Morgan fingerprint density at radius 2 is 1.90 bits per heavy atom. The van der Waals surface area contributed by atoms with Gasteiger partial charge < -0.3 is 9.64 Å². The summed E-state index contributed by atoms with van der Waals surface area (Å²) in [6, 6.07) is 8.72. The van der Waals surface area contributed by atoms with Gasteiger partial charge in [-0.2, -0.15) is 0 Å². The number of hydrogen-bond donors (Lipinski definition) is 1. The van der Waals surface area contributed by atoms with Crippen LogP contribution in [0.2, 0.25) is 0 Å². The zero-order valence-corrected chi connectivity index (χ0v) is 11.1. The highest BCUT2D eigenvalue weighted by Crippen LogP contribution is 2.18. The molecule has 0 unspecified atom stereocenters. The van der Waals surface area contributed by atoms with Gasteiger partial charge in [-0.3, -0.25) is 5.32 Å². The summed E-state index contributed by atoms with van der Waals surface area (Å²) in [5.74, 6) is 0.896. The molecule has 1 aromatic heterocycles. The van der Waals surface area contributed by atoms with E-state index in [4.69, 9.17) is 4.74 Å². The number of rotatable bonds is 3. The lowest BCUT2D eigenvalue weighted by molar-refractivity contribution is 0.215. The first-order chi connectivity index (χ1) is 10.2. The summed E-state index contributed by atoms with van der Waals surface area (Å²) in [6.07, 6.45) is 1.48. The minimum Gasteiger partial charge on any atom is -0.410 e. The molecule has 1 aliphatic rings. The van der Waals surface area contributed by atoms with Gasteiger partial charge in [0.1, 0.15) is 11.9 Å². The standard InChI is InChI=1S/C14H13FN4O2/c15-10-8-19(9-10)13-16-6-11(7-17-13)18-14(20)21-12-4-2-1-3-5-12/h1-7,10H,8-9H2,(H,18,20). The molecule has 1 amide bonds. The van der Waals surface area contributed by atoms with Crippen LogP contribution in [0.1, 0.15) is 0 Å². The topological polar surface area (TPSA) is 67.4 Å². The fourth-order valence-electron chi connectivity index (χ4n) is 1.88. The highest BCUT2D eigenvalue weighted by molar-refractivity contribution is 5.85. The highest BCUT2D eigenvalue weighted by atomic mass is 19.1. The molecule has 7 heteroatoms. The number of benzene rings is 1. The number of alkyl halides is 1. The number of carbonyl (C=O) groups excluding carboxylic acids is 1. The molecule has 1 aromatic carbocycles. The summed E-state index contributed by atoms with van der Waals surface area (Å²) < 4.78 is 17.8. The van der Waals surface area contributed by atoms with Crippen molar-refractivity contribution in [2.24, 2.45) is 0 Å². The van der Waals surface area contributed by atoms with Crippen LogP contribution in [0, 0.1) is 0 Å². The number of aromatic nitrogens is 2. The Balaban J connectivity index is 1.56. The van der Waals surface area contributed by atoms with Gasteiger partial charge in [-0.1, -0.05) is 18.2 Å². The van der Waals surface area contributed by atoms with Gasteiger partial charge >= 0.3 is 6.09 Å². The molecule has 3 rings (SSSR count). The Hall–Kier alpha value is -2.70. The van der Waals surface area contributed by atoms with Gasteiger partial charge in [0.25, 0.3) is 0 Å². The van der Waals surface area contributed by atoms with Crippen LogP contribution in [0.25, 0.3) is 0 Å². The van der Waals surface area contributed by atoms with Crippen LogP contribution in [0.5, 0.6) is 5.75 Å². The summed E-state index contributed by atoms with van der Waals surface area (Å²) in [5, 5.41) is 2.52. The SMILES string of the molecule is O=C(Nc1cnc(N2CC(F)C2)nc1)Oc1ccccc1. The molecule has 108 valence electrons. The number of anilines is 2. The van der Waals surface area contributed by atoms with E-state index in [2.05, 4.69) is 15.3 Å². The summed E-state index contributed by atoms with van der Waals surface area (Å²) >= 11 is 0. The Bertz CT molecular complexity index is 615. The lowest BCUT2D eigenvalue weighted by Crippen LogP contribution is -2.49. The molecule has 1 N–H and O–H groups in total. The van der Waals surface area contributed by atoms with E-state index in [9.17, 15) is 9.18 Å². The molecule has 0 spiro atoms. The molecule has 0 aliphatic carbocycles. The van der Waals surface area contributed by atoms with E-state index in [0.717, 1.165) is 0 Å².